The Labute approximate surface area is 61.4 Å². The van der Waals surface area contributed by atoms with Crippen LogP contribution in [0, 0.1) is 23.7 Å². The molecule has 1 N–H and O–H groups in total. The first-order chi connectivity index (χ1) is 4.88. The van der Waals surface area contributed by atoms with Gasteiger partial charge in [0.1, 0.15) is 0 Å². The molecule has 0 spiro atoms. The summed E-state index contributed by atoms with van der Waals surface area (Å²) in [6.07, 6.45) is 5.26. The maximum absolute atomic E-state index is 9.59. The maximum Gasteiger partial charge on any atom is 0.0571 e. The van der Waals surface area contributed by atoms with Crippen LogP contribution in [-0.2, 0) is 0 Å². The molecule has 0 aromatic carbocycles. The Balaban J connectivity index is 1.89. The van der Waals surface area contributed by atoms with E-state index >= 15 is 0 Å². The summed E-state index contributed by atoms with van der Waals surface area (Å²) in [4.78, 5) is 0. The fourth-order valence-corrected chi connectivity index (χ4v) is 3.53. The first-order valence-electron chi connectivity index (χ1n) is 4.56. The van der Waals surface area contributed by atoms with Crippen molar-refractivity contribution in [2.24, 2.45) is 23.7 Å². The highest BCUT2D eigenvalue weighted by Gasteiger charge is 2.61. The second-order valence-corrected chi connectivity index (χ2v) is 4.29. The monoisotopic (exact) mass is 138 g/mol. The molecule has 5 atom stereocenters. The minimum atomic E-state index is 0.0775. The van der Waals surface area contributed by atoms with Crippen molar-refractivity contribution < 1.29 is 5.11 Å². The third-order valence-corrected chi connectivity index (χ3v) is 4.02. The largest absolute Gasteiger partial charge is 0.393 e. The summed E-state index contributed by atoms with van der Waals surface area (Å²) >= 11 is 0. The second-order valence-electron chi connectivity index (χ2n) is 4.29. The Hall–Kier alpha value is -0.0400. The molecular weight excluding hydrogens is 124 g/mol. The van der Waals surface area contributed by atoms with Crippen molar-refractivity contribution in [1.29, 1.82) is 0 Å². The Morgan fingerprint density at radius 3 is 2.10 bits per heavy atom. The fourth-order valence-electron chi connectivity index (χ4n) is 3.53. The molecule has 0 aromatic heterocycles. The summed E-state index contributed by atoms with van der Waals surface area (Å²) in [5, 5.41) is 9.59. The van der Waals surface area contributed by atoms with Gasteiger partial charge in [-0.05, 0) is 49.4 Å². The highest BCUT2D eigenvalue weighted by atomic mass is 16.3. The molecule has 1 nitrogen and oxygen atoms in total. The number of rotatable bonds is 0. The number of aliphatic hydroxyl groups excluding tert-OH is 1. The average molecular weight is 138 g/mol. The highest BCUT2D eigenvalue weighted by Crippen LogP contribution is 2.65. The van der Waals surface area contributed by atoms with Crippen molar-refractivity contribution >= 4 is 0 Å². The lowest BCUT2D eigenvalue weighted by molar-refractivity contribution is 0.0620. The van der Waals surface area contributed by atoms with E-state index in [4.69, 9.17) is 0 Å². The molecule has 3 aliphatic carbocycles. The summed E-state index contributed by atoms with van der Waals surface area (Å²) in [7, 11) is 0. The molecule has 0 radical (unpaired) electrons. The van der Waals surface area contributed by atoms with Gasteiger partial charge in [-0.15, -0.1) is 0 Å². The first kappa shape index (κ1) is 5.59. The van der Waals surface area contributed by atoms with Crippen molar-refractivity contribution in [3.05, 3.63) is 0 Å². The van der Waals surface area contributed by atoms with Crippen LogP contribution in [0.1, 0.15) is 25.7 Å². The molecule has 1 heteroatoms. The average Bonchev–Trinajstić information content (AvgIpc) is 2.40. The van der Waals surface area contributed by atoms with Gasteiger partial charge < -0.3 is 5.11 Å². The number of hydrogen-bond donors (Lipinski definition) is 1. The molecule has 0 bridgehead atoms. The van der Waals surface area contributed by atoms with Crippen molar-refractivity contribution in [3.63, 3.8) is 0 Å². The molecule has 3 rings (SSSR count). The van der Waals surface area contributed by atoms with Gasteiger partial charge >= 0.3 is 0 Å². The number of fused-ring (bicyclic) bond motifs is 1. The molecule has 0 amide bonds. The minimum absolute atomic E-state index is 0.0775. The number of hydrogen-bond acceptors (Lipinski definition) is 1. The maximum atomic E-state index is 9.59. The molecule has 3 aliphatic rings. The molecular formula is C9H14O. The lowest BCUT2D eigenvalue weighted by Crippen LogP contribution is -2.25. The van der Waals surface area contributed by atoms with Crippen LogP contribution in [0.3, 0.4) is 0 Å². The molecule has 5 unspecified atom stereocenters. The summed E-state index contributed by atoms with van der Waals surface area (Å²) in [6, 6.07) is 0. The van der Waals surface area contributed by atoms with Crippen LogP contribution in [0.25, 0.3) is 0 Å². The van der Waals surface area contributed by atoms with Gasteiger partial charge in [-0.1, -0.05) is 0 Å². The topological polar surface area (TPSA) is 20.2 Å². The van der Waals surface area contributed by atoms with Crippen molar-refractivity contribution in [2.45, 2.75) is 31.8 Å². The van der Waals surface area contributed by atoms with E-state index in [1.165, 1.54) is 19.3 Å². The van der Waals surface area contributed by atoms with Crippen LogP contribution in [0.2, 0.25) is 0 Å². The van der Waals surface area contributed by atoms with E-state index in [0.717, 1.165) is 30.1 Å². The van der Waals surface area contributed by atoms with Gasteiger partial charge in [-0.25, -0.2) is 0 Å². The lowest BCUT2D eigenvalue weighted by atomic mass is 9.84. The zero-order valence-corrected chi connectivity index (χ0v) is 6.16. The van der Waals surface area contributed by atoms with E-state index in [9.17, 15) is 5.11 Å². The van der Waals surface area contributed by atoms with Gasteiger partial charge in [0.15, 0.2) is 0 Å². The zero-order valence-electron chi connectivity index (χ0n) is 6.16. The molecule has 0 heterocycles. The lowest BCUT2D eigenvalue weighted by Gasteiger charge is -2.25. The molecule has 0 aliphatic heterocycles. The van der Waals surface area contributed by atoms with Gasteiger partial charge in [-0.2, -0.15) is 0 Å². The summed E-state index contributed by atoms with van der Waals surface area (Å²) < 4.78 is 0. The van der Waals surface area contributed by atoms with Crippen LogP contribution in [0.15, 0.2) is 0 Å². The van der Waals surface area contributed by atoms with E-state index in [0.29, 0.717) is 0 Å². The van der Waals surface area contributed by atoms with Gasteiger partial charge in [0.05, 0.1) is 6.10 Å². The second kappa shape index (κ2) is 1.58. The van der Waals surface area contributed by atoms with E-state index in [2.05, 4.69) is 0 Å². The van der Waals surface area contributed by atoms with Crippen LogP contribution >= 0.6 is 0 Å². The normalized spacial score (nSPS) is 63.9. The van der Waals surface area contributed by atoms with E-state index < -0.39 is 0 Å². The molecule has 0 saturated heterocycles. The molecule has 3 saturated carbocycles. The summed E-state index contributed by atoms with van der Waals surface area (Å²) in [6.45, 7) is 0. The van der Waals surface area contributed by atoms with E-state index in [1.54, 1.807) is 0 Å². The predicted molar refractivity (Wildman–Crippen MR) is 38.4 cm³/mol. The molecule has 0 aromatic rings. The van der Waals surface area contributed by atoms with Crippen molar-refractivity contribution in [2.75, 3.05) is 0 Å². The third kappa shape index (κ3) is 0.493. The Kier molecular flexibility index (Phi) is 0.883. The molecule has 3 fully saturated rings. The Morgan fingerprint density at radius 1 is 0.800 bits per heavy atom. The van der Waals surface area contributed by atoms with Crippen LogP contribution in [0.4, 0.5) is 0 Å². The van der Waals surface area contributed by atoms with Crippen molar-refractivity contribution in [3.8, 4) is 0 Å². The van der Waals surface area contributed by atoms with Crippen LogP contribution in [0.5, 0.6) is 0 Å². The quantitative estimate of drug-likeness (QED) is 0.536. The Bertz CT molecular complexity index is 162. The fraction of sp³-hybridized carbons (Fsp3) is 1.00. The van der Waals surface area contributed by atoms with Crippen molar-refractivity contribution in [1.82, 2.24) is 0 Å². The smallest absolute Gasteiger partial charge is 0.0571 e. The first-order valence-corrected chi connectivity index (χ1v) is 4.56. The van der Waals surface area contributed by atoms with E-state index in [-0.39, 0.29) is 6.10 Å². The zero-order chi connectivity index (χ0) is 6.72. The molecule has 10 heavy (non-hydrogen) atoms. The van der Waals surface area contributed by atoms with E-state index in [1.807, 2.05) is 0 Å². The van der Waals surface area contributed by atoms with Crippen LogP contribution < -0.4 is 0 Å². The standard InChI is InChI=1S/C9H14O/c10-8-4-3-6-5-1-2-7(8)9(5)6/h5-10H,1-4H2. The number of aliphatic hydroxyl groups is 1. The summed E-state index contributed by atoms with van der Waals surface area (Å²) in [5.41, 5.74) is 0. The van der Waals surface area contributed by atoms with Gasteiger partial charge in [0, 0.05) is 0 Å². The predicted octanol–water partition coefficient (Wildman–Crippen LogP) is 1.41. The highest BCUT2D eigenvalue weighted by molar-refractivity contribution is 5.09. The Morgan fingerprint density at radius 2 is 1.40 bits per heavy atom. The summed E-state index contributed by atoms with van der Waals surface area (Å²) in [5.74, 6) is 3.82. The minimum Gasteiger partial charge on any atom is -0.393 e. The third-order valence-electron chi connectivity index (χ3n) is 4.02. The van der Waals surface area contributed by atoms with Gasteiger partial charge in [0.25, 0.3) is 0 Å². The van der Waals surface area contributed by atoms with Gasteiger partial charge in [0.2, 0.25) is 0 Å². The SMILES string of the molecule is OC1CCC2C3CCC1C23. The van der Waals surface area contributed by atoms with Gasteiger partial charge in [-0.3, -0.25) is 0 Å². The van der Waals surface area contributed by atoms with Crippen LogP contribution in [-0.4, -0.2) is 11.2 Å². The molecule has 56 valence electrons.